The van der Waals surface area contributed by atoms with Crippen molar-refractivity contribution in [1.29, 1.82) is 0 Å². The molecular weight excluding hydrogens is 330 g/mol. The van der Waals surface area contributed by atoms with Crippen LogP contribution < -0.4 is 5.09 Å². The highest BCUT2D eigenvalue weighted by molar-refractivity contribution is 7.55. The molecule has 0 saturated heterocycles. The number of nitrogens with one attached hydrogen (secondary N) is 1. The molecule has 0 aromatic heterocycles. The van der Waals surface area contributed by atoms with E-state index in [1.807, 2.05) is 27.7 Å². The summed E-state index contributed by atoms with van der Waals surface area (Å²) < 4.78 is 61.6. The maximum absolute atomic E-state index is 12.7. The Labute approximate surface area is 135 Å². The van der Waals surface area contributed by atoms with Gasteiger partial charge in [0, 0.05) is 5.69 Å². The van der Waals surface area contributed by atoms with E-state index in [0.717, 1.165) is 12.1 Å². The predicted molar refractivity (Wildman–Crippen MR) is 84.3 cm³/mol. The number of alkyl halides is 3. The van der Waals surface area contributed by atoms with E-state index in [9.17, 15) is 17.7 Å². The Morgan fingerprint density at radius 2 is 1.61 bits per heavy atom. The Morgan fingerprint density at radius 3 is 2.04 bits per heavy atom. The Morgan fingerprint density at radius 1 is 1.09 bits per heavy atom. The topological polar surface area (TPSA) is 47.6 Å². The van der Waals surface area contributed by atoms with Crippen molar-refractivity contribution < 1.29 is 26.8 Å². The van der Waals surface area contributed by atoms with Gasteiger partial charge in [-0.05, 0) is 30.0 Å². The Kier molecular flexibility index (Phi) is 7.11. The number of rotatable bonds is 8. The minimum Gasteiger partial charge on any atom is -0.293 e. The van der Waals surface area contributed by atoms with E-state index in [2.05, 4.69) is 5.09 Å². The largest absolute Gasteiger partial charge is 0.432 e. The molecule has 0 fully saturated rings. The molecule has 0 bridgehead atoms. The van der Waals surface area contributed by atoms with Gasteiger partial charge >= 0.3 is 13.9 Å². The van der Waals surface area contributed by atoms with Crippen molar-refractivity contribution in [3.8, 4) is 0 Å². The monoisotopic (exact) mass is 353 g/mol. The summed E-state index contributed by atoms with van der Waals surface area (Å²) in [6, 6.07) is 4.45. The van der Waals surface area contributed by atoms with E-state index in [1.54, 1.807) is 0 Å². The molecule has 1 N–H and O–H groups in total. The smallest absolute Gasteiger partial charge is 0.293 e. The number of hydrogen-bond acceptors (Lipinski definition) is 3. The fourth-order valence-electron chi connectivity index (χ4n) is 1.52. The maximum Gasteiger partial charge on any atom is 0.432 e. The number of anilines is 1. The first-order chi connectivity index (χ1) is 10.5. The van der Waals surface area contributed by atoms with Crippen LogP contribution in [0.1, 0.15) is 33.3 Å². The van der Waals surface area contributed by atoms with Gasteiger partial charge in [-0.3, -0.25) is 14.1 Å². The molecule has 1 rings (SSSR count). The van der Waals surface area contributed by atoms with Crippen LogP contribution in [0.2, 0.25) is 0 Å². The molecule has 0 aliphatic rings. The first-order valence-electron chi connectivity index (χ1n) is 7.36. The van der Waals surface area contributed by atoms with Crippen LogP contribution in [-0.2, 0) is 19.8 Å². The molecule has 0 amide bonds. The highest BCUT2D eigenvalue weighted by Gasteiger charge is 2.32. The van der Waals surface area contributed by atoms with Gasteiger partial charge in [0.25, 0.3) is 0 Å². The molecule has 0 aliphatic heterocycles. The summed E-state index contributed by atoms with van der Waals surface area (Å²) in [4.78, 5) is 0. The maximum atomic E-state index is 12.7. The van der Waals surface area contributed by atoms with E-state index < -0.39 is 19.5 Å². The SMILES string of the molecule is CC(C)COP(=O)(Nc1cccc(C(F)(F)F)c1)OCC(C)C. The van der Waals surface area contributed by atoms with Gasteiger partial charge in [0.1, 0.15) is 0 Å². The van der Waals surface area contributed by atoms with Gasteiger partial charge in [0.2, 0.25) is 0 Å². The highest BCUT2D eigenvalue weighted by atomic mass is 31.2. The van der Waals surface area contributed by atoms with Crippen LogP contribution in [-0.4, -0.2) is 13.2 Å². The number of benzene rings is 1. The second-order valence-electron chi connectivity index (χ2n) is 6.07. The van der Waals surface area contributed by atoms with Gasteiger partial charge < -0.3 is 0 Å². The van der Waals surface area contributed by atoms with Crippen LogP contribution >= 0.6 is 7.75 Å². The summed E-state index contributed by atoms with van der Waals surface area (Å²) in [6.07, 6.45) is -4.47. The van der Waals surface area contributed by atoms with Gasteiger partial charge in [0.15, 0.2) is 0 Å². The Hall–Kier alpha value is -1.04. The van der Waals surface area contributed by atoms with Crippen LogP contribution in [0.25, 0.3) is 0 Å². The minimum absolute atomic E-state index is 0.0377. The summed E-state index contributed by atoms with van der Waals surface area (Å²) in [6.45, 7) is 7.82. The van der Waals surface area contributed by atoms with Gasteiger partial charge in [-0.15, -0.1) is 0 Å². The van der Waals surface area contributed by atoms with E-state index in [0.29, 0.717) is 0 Å². The third kappa shape index (κ3) is 7.38. The van der Waals surface area contributed by atoms with E-state index >= 15 is 0 Å². The second kappa shape index (κ2) is 8.18. The summed E-state index contributed by atoms with van der Waals surface area (Å²) in [5.41, 5.74) is -0.794. The zero-order valence-electron chi connectivity index (χ0n) is 13.7. The summed E-state index contributed by atoms with van der Waals surface area (Å²) >= 11 is 0. The van der Waals surface area contributed by atoms with Crippen LogP contribution in [0.4, 0.5) is 18.9 Å². The van der Waals surface area contributed by atoms with Gasteiger partial charge in [-0.1, -0.05) is 33.8 Å². The quantitative estimate of drug-likeness (QED) is 0.621. The summed E-state index contributed by atoms with van der Waals surface area (Å²) in [7, 11) is -3.74. The molecule has 0 atom stereocenters. The molecule has 0 radical (unpaired) electrons. The molecule has 0 saturated carbocycles. The van der Waals surface area contributed by atoms with E-state index in [4.69, 9.17) is 9.05 Å². The molecule has 23 heavy (non-hydrogen) atoms. The van der Waals surface area contributed by atoms with Crippen LogP contribution in [0.5, 0.6) is 0 Å². The fourth-order valence-corrected chi connectivity index (χ4v) is 3.17. The molecule has 0 unspecified atom stereocenters. The van der Waals surface area contributed by atoms with Crippen molar-refractivity contribution in [3.63, 3.8) is 0 Å². The molecule has 1 aromatic carbocycles. The van der Waals surface area contributed by atoms with Crippen LogP contribution in [0, 0.1) is 11.8 Å². The zero-order valence-corrected chi connectivity index (χ0v) is 14.6. The third-order valence-electron chi connectivity index (χ3n) is 2.61. The third-order valence-corrected chi connectivity index (χ3v) is 4.12. The van der Waals surface area contributed by atoms with Crippen LogP contribution in [0.3, 0.4) is 0 Å². The van der Waals surface area contributed by atoms with Gasteiger partial charge in [0.05, 0.1) is 18.8 Å². The second-order valence-corrected chi connectivity index (χ2v) is 7.80. The molecule has 1 aromatic rings. The van der Waals surface area contributed by atoms with Crippen molar-refractivity contribution in [2.24, 2.45) is 11.8 Å². The molecule has 4 nitrogen and oxygen atoms in total. The van der Waals surface area contributed by atoms with Gasteiger partial charge in [-0.2, -0.15) is 13.2 Å². The lowest BCUT2D eigenvalue weighted by Crippen LogP contribution is -2.12. The van der Waals surface area contributed by atoms with Crippen molar-refractivity contribution >= 4 is 13.4 Å². The number of hydrogen-bond donors (Lipinski definition) is 1. The van der Waals surface area contributed by atoms with Crippen molar-refractivity contribution in [2.75, 3.05) is 18.3 Å². The van der Waals surface area contributed by atoms with Crippen molar-refractivity contribution in [2.45, 2.75) is 33.9 Å². The van der Waals surface area contributed by atoms with Gasteiger partial charge in [-0.25, -0.2) is 4.57 Å². The van der Waals surface area contributed by atoms with Crippen molar-refractivity contribution in [1.82, 2.24) is 0 Å². The first kappa shape index (κ1) is 20.0. The van der Waals surface area contributed by atoms with Crippen LogP contribution in [0.15, 0.2) is 24.3 Å². The average Bonchev–Trinajstić information content (AvgIpc) is 2.43. The summed E-state index contributed by atoms with van der Waals surface area (Å²) in [5, 5.41) is 2.49. The predicted octanol–water partition coefficient (Wildman–Crippen LogP) is 5.57. The minimum atomic E-state index is -4.47. The Balaban J connectivity index is 2.93. The molecule has 8 heteroatoms. The molecule has 0 heterocycles. The lowest BCUT2D eigenvalue weighted by atomic mass is 10.2. The molecule has 132 valence electrons. The van der Waals surface area contributed by atoms with Crippen molar-refractivity contribution in [3.05, 3.63) is 29.8 Å². The molecule has 0 aliphatic carbocycles. The lowest BCUT2D eigenvalue weighted by Gasteiger charge is -2.22. The lowest BCUT2D eigenvalue weighted by molar-refractivity contribution is -0.137. The first-order valence-corrected chi connectivity index (χ1v) is 8.91. The molecular formula is C15H23F3NO3P. The highest BCUT2D eigenvalue weighted by Crippen LogP contribution is 2.49. The fraction of sp³-hybridized carbons (Fsp3) is 0.600. The molecule has 0 spiro atoms. The normalized spacial score (nSPS) is 12.9. The number of halogens is 3. The van der Waals surface area contributed by atoms with E-state index in [-0.39, 0.29) is 30.7 Å². The Bertz CT molecular complexity index is 531. The summed E-state index contributed by atoms with van der Waals surface area (Å²) in [5.74, 6) is 0.212. The zero-order chi connectivity index (χ0) is 17.7. The standard InChI is InChI=1S/C15H23F3NO3P/c1-11(2)9-21-23(20,22-10-12(3)4)19-14-7-5-6-13(8-14)15(16,17)18/h5-8,11-12H,9-10H2,1-4H3,(H,19,20). The average molecular weight is 353 g/mol. The van der Waals surface area contributed by atoms with E-state index in [1.165, 1.54) is 12.1 Å².